The van der Waals surface area contributed by atoms with Crippen molar-refractivity contribution in [3.05, 3.63) is 460 Å². The summed E-state index contributed by atoms with van der Waals surface area (Å²) in [6.07, 6.45) is 0. The van der Waals surface area contributed by atoms with E-state index in [4.69, 9.17) is 0 Å². The molecule has 0 saturated heterocycles. The number of aromatic nitrogens is 2. The highest BCUT2D eigenvalue weighted by Crippen LogP contribution is 2.57. The Morgan fingerprint density at radius 3 is 0.951 bits per heavy atom. The predicted molar refractivity (Wildman–Crippen MR) is 515 cm³/mol. The molecule has 0 aliphatic carbocycles. The smallest absolute Gasteiger partial charge is 0.0609 e. The van der Waals surface area contributed by atoms with Gasteiger partial charge >= 0.3 is 0 Å². The highest BCUT2D eigenvalue weighted by molar-refractivity contribution is 7.99. The third-order valence-corrected chi connectivity index (χ3v) is 26.3. The van der Waals surface area contributed by atoms with Crippen molar-refractivity contribution in [1.29, 1.82) is 0 Å². The maximum atomic E-state index is 2.55. The van der Waals surface area contributed by atoms with E-state index in [9.17, 15) is 0 Å². The van der Waals surface area contributed by atoms with Crippen LogP contribution >= 0.6 is 11.8 Å². The number of fused-ring (bicyclic) bond motifs is 10. The van der Waals surface area contributed by atoms with Gasteiger partial charge in [-0.3, -0.25) is 0 Å². The van der Waals surface area contributed by atoms with Gasteiger partial charge in [-0.15, -0.1) is 0 Å². The van der Waals surface area contributed by atoms with E-state index >= 15 is 0 Å². The Kier molecular flexibility index (Phi) is 17.5. The lowest BCUT2D eigenvalue weighted by atomic mass is 9.73. The van der Waals surface area contributed by atoms with Gasteiger partial charge in [0.15, 0.2) is 0 Å². The molecule has 0 spiro atoms. The van der Waals surface area contributed by atoms with Gasteiger partial charge in [0.25, 0.3) is 0 Å². The van der Waals surface area contributed by atoms with E-state index in [2.05, 4.69) is 482 Å². The lowest BCUT2D eigenvalue weighted by Crippen LogP contribution is -2.30. The van der Waals surface area contributed by atoms with Crippen molar-refractivity contribution in [1.82, 2.24) is 9.13 Å². The van der Waals surface area contributed by atoms with E-state index in [1.807, 2.05) is 11.8 Å². The fourth-order valence-corrected chi connectivity index (χ4v) is 20.2. The first-order valence-corrected chi connectivity index (χ1v) is 42.9. The number of para-hydroxylation sites is 4. The fraction of sp³-hybridized carbons (Fsp3) is 0.0256. The van der Waals surface area contributed by atoms with Crippen LogP contribution in [-0.2, 0) is 5.41 Å². The van der Waals surface area contributed by atoms with Crippen molar-refractivity contribution in [2.24, 2.45) is 0 Å². The molecule has 0 amide bonds. The van der Waals surface area contributed by atoms with Gasteiger partial charge in [-0.25, -0.2) is 0 Å². The van der Waals surface area contributed by atoms with Gasteiger partial charge in [0, 0.05) is 59.5 Å². The molecule has 0 atom stereocenters. The summed E-state index contributed by atoms with van der Waals surface area (Å²) in [5.74, 6) is 0. The summed E-state index contributed by atoms with van der Waals surface area (Å²) < 4.78 is 4.97. The average Bonchev–Trinajstić information content (AvgIpc) is 1.27. The Bertz CT molecular complexity index is 7530. The van der Waals surface area contributed by atoms with Crippen LogP contribution in [0.25, 0.3) is 166 Å². The monoisotopic (exact) mass is 1570 g/mol. The number of benzene rings is 19. The van der Waals surface area contributed by atoms with Crippen LogP contribution in [0, 0.1) is 0 Å². The molecule has 19 aromatic carbocycles. The van der Waals surface area contributed by atoms with Crippen LogP contribution in [-0.4, -0.2) is 9.13 Å². The van der Waals surface area contributed by atoms with Crippen molar-refractivity contribution in [3.63, 3.8) is 0 Å². The Labute approximate surface area is 715 Å². The second-order valence-electron chi connectivity index (χ2n) is 32.8. The van der Waals surface area contributed by atoms with E-state index in [1.54, 1.807) is 0 Å². The van der Waals surface area contributed by atoms with Gasteiger partial charge in [-0.1, -0.05) is 329 Å². The largest absolute Gasteiger partial charge is 0.310 e. The van der Waals surface area contributed by atoms with Crippen molar-refractivity contribution in [3.8, 4) is 123 Å². The van der Waals surface area contributed by atoms with Gasteiger partial charge in [-0.05, 0) is 268 Å². The summed E-state index contributed by atoms with van der Waals surface area (Å²) >= 11 is 1.85. The van der Waals surface area contributed by atoms with E-state index < -0.39 is 0 Å². The summed E-state index contributed by atoms with van der Waals surface area (Å²) in [5, 5.41) is 4.83. The van der Waals surface area contributed by atoms with Crippen LogP contribution in [0.2, 0.25) is 0 Å². The molecule has 23 rings (SSSR count). The van der Waals surface area contributed by atoms with E-state index in [0.717, 1.165) is 95.2 Å². The number of hydrogen-bond donors (Lipinski definition) is 0. The summed E-state index contributed by atoms with van der Waals surface area (Å²) in [6, 6.07) is 167. The molecule has 2 aliphatic heterocycles. The van der Waals surface area contributed by atoms with E-state index in [1.165, 1.54) is 126 Å². The number of nitrogens with zero attached hydrogens (tertiary/aromatic N) is 4. The molecule has 0 unspecified atom stereocenters. The molecule has 4 heterocycles. The Morgan fingerprint density at radius 2 is 0.484 bits per heavy atom. The summed E-state index contributed by atoms with van der Waals surface area (Å²) in [7, 11) is 0. The molecular weight excluding hydrogens is 1490 g/mol. The molecule has 0 bridgehead atoms. The predicted octanol–water partition coefficient (Wildman–Crippen LogP) is 32.6. The number of rotatable bonds is 14. The van der Waals surface area contributed by atoms with Gasteiger partial charge < -0.3 is 18.9 Å². The zero-order valence-corrected chi connectivity index (χ0v) is 68.2. The van der Waals surface area contributed by atoms with Crippen LogP contribution in [0.4, 0.5) is 34.1 Å². The second-order valence-corrected chi connectivity index (χ2v) is 33.9. The van der Waals surface area contributed by atoms with Crippen LogP contribution < -0.4 is 9.80 Å². The normalized spacial score (nSPS) is 12.7. The molecule has 2 aromatic heterocycles. The van der Waals surface area contributed by atoms with Crippen LogP contribution in [0.1, 0.15) is 25.0 Å². The molecule has 574 valence electrons. The summed E-state index contributed by atoms with van der Waals surface area (Å²) in [4.78, 5) is 7.46. The molecule has 0 saturated carbocycles. The highest BCUT2D eigenvalue weighted by Gasteiger charge is 2.39. The Balaban J connectivity index is 0.595. The molecule has 21 aromatic rings. The molecule has 0 N–H and O–H groups in total. The number of anilines is 6. The van der Waals surface area contributed by atoms with Crippen molar-refractivity contribution >= 4 is 89.5 Å². The van der Waals surface area contributed by atoms with Crippen LogP contribution in [0.3, 0.4) is 0 Å². The molecule has 4 nitrogen and oxygen atoms in total. The quantitative estimate of drug-likeness (QED) is 0.108. The minimum atomic E-state index is -0.363. The molecule has 0 radical (unpaired) electrons. The minimum absolute atomic E-state index is 0.363. The lowest BCUT2D eigenvalue weighted by molar-refractivity contribution is 0.632. The first-order chi connectivity index (χ1) is 60.2. The third-order valence-electron chi connectivity index (χ3n) is 25.2. The van der Waals surface area contributed by atoms with Gasteiger partial charge in [0.2, 0.25) is 0 Å². The van der Waals surface area contributed by atoms with Crippen LogP contribution in [0.15, 0.2) is 459 Å². The molecule has 122 heavy (non-hydrogen) atoms. The van der Waals surface area contributed by atoms with Gasteiger partial charge in [0.1, 0.15) is 0 Å². The molecule has 2 aliphatic rings. The van der Waals surface area contributed by atoms with Crippen molar-refractivity contribution < 1.29 is 0 Å². The Hall–Kier alpha value is -15.3. The average molecular weight is 1570 g/mol. The maximum absolute atomic E-state index is 2.55. The fourth-order valence-electron chi connectivity index (χ4n) is 19.2. The molecular formula is C117H80N4S. The van der Waals surface area contributed by atoms with E-state index in [-0.39, 0.29) is 5.41 Å². The Morgan fingerprint density at radius 1 is 0.172 bits per heavy atom. The molecule has 5 heteroatoms. The zero-order valence-electron chi connectivity index (χ0n) is 67.4. The van der Waals surface area contributed by atoms with E-state index in [0.29, 0.717) is 0 Å². The van der Waals surface area contributed by atoms with Gasteiger partial charge in [-0.2, -0.15) is 0 Å². The van der Waals surface area contributed by atoms with Crippen molar-refractivity contribution in [2.45, 2.75) is 29.1 Å². The summed E-state index contributed by atoms with van der Waals surface area (Å²) in [5.41, 5.74) is 39.2. The van der Waals surface area contributed by atoms with Gasteiger partial charge in [0.05, 0.1) is 44.8 Å². The van der Waals surface area contributed by atoms with Crippen LogP contribution in [0.5, 0.6) is 0 Å². The minimum Gasteiger partial charge on any atom is -0.310 e. The molecule has 0 fully saturated rings. The first kappa shape index (κ1) is 72.0. The maximum Gasteiger partial charge on any atom is 0.0609 e. The topological polar surface area (TPSA) is 16.3 Å². The first-order valence-electron chi connectivity index (χ1n) is 42.1. The van der Waals surface area contributed by atoms with Crippen molar-refractivity contribution in [2.75, 3.05) is 9.80 Å². The highest BCUT2D eigenvalue weighted by atomic mass is 32.2. The third kappa shape index (κ3) is 12.6. The summed E-state index contributed by atoms with van der Waals surface area (Å²) in [6.45, 7) is 4.81. The second kappa shape index (κ2) is 29.7. The zero-order chi connectivity index (χ0) is 80.9. The SMILES string of the molecule is CC1(C)c2ccccc2N(c2cc(-c3ccccc3)cc(-c3ccc(-c4cccc(-c5cc(-c6ccccc6)cc(-c6ccc(-n7c8ccccc8c8cc9c(cc87)Sc7ccccc7N9c7cc(-c8ccccc8)cc(-c8ccccc8)c7)cc6)c5)c4)cc3)c2)c2cc3c4ccccc4n(-c4cc(-c5ccccc5)cc(-c5ccccc5)c4)c3cc21. The lowest BCUT2D eigenvalue weighted by Gasteiger charge is -2.42. The number of hydrogen-bond acceptors (Lipinski definition) is 3. The standard InChI is InChI=1S/C117H80N4S/c1-117(2)105-46-23-26-49-109(105)120(113-73-103-101-44-22-25-48-108(101)119(111(103)75-106(113)117)98-67-91(78-32-11-4-12-33-78)64-92(68-98)79-34-13-5-14-35-79)99-69-95(82-40-19-8-20-41-82)66-96(72-99)84-54-52-83(53-55-84)86-42-29-43-87(60-86)90-62-88(77-30-9-3-10-31-77)61-89(63-90)85-56-58-97(59-57-85)118-107-47-24-21-45-102(107)104-74-114-116(76-112(104)118)122-115-51-28-27-50-110(115)121(114)100-70-93(80-36-15-6-16-37-80)65-94(71-100)81-38-17-7-18-39-81/h3-76H,1-2H3.